The van der Waals surface area contributed by atoms with Crippen LogP contribution < -0.4 is 5.73 Å². The van der Waals surface area contributed by atoms with Crippen molar-refractivity contribution in [3.8, 4) is 0 Å². The highest BCUT2D eigenvalue weighted by Gasteiger charge is 2.37. The number of halogens is 1. The molecule has 0 aliphatic carbocycles. The topological polar surface area (TPSA) is 124 Å². The number of rotatable bonds is 8. The predicted molar refractivity (Wildman–Crippen MR) is 99.5 cm³/mol. The number of fused-ring (bicyclic) bond motifs is 1. The number of ether oxygens (including phenoxy) is 2. The van der Waals surface area contributed by atoms with Gasteiger partial charge in [-0.25, -0.2) is 4.98 Å². The standard InChI is InChI=1S/C15H23ClN5O5P/c1-4-23-27(22,24-5-2)7-6-10-25-9(3)14(26-10)21-8-18-11-12(16)19-15(17)20-13(11)21/h8-10,14H,4-7H2,1-3H3,(H2,17,19,20)/t9-,10+,14+/m1/s1. The van der Waals surface area contributed by atoms with E-state index in [0.29, 0.717) is 30.8 Å². The van der Waals surface area contributed by atoms with Crippen molar-refractivity contribution in [2.45, 2.75) is 45.8 Å². The van der Waals surface area contributed by atoms with Gasteiger partial charge in [-0.2, -0.15) is 9.97 Å². The van der Waals surface area contributed by atoms with Gasteiger partial charge in [-0.3, -0.25) is 9.13 Å². The lowest BCUT2D eigenvalue weighted by atomic mass is 10.3. The zero-order valence-corrected chi connectivity index (χ0v) is 17.0. The quantitative estimate of drug-likeness (QED) is 0.507. The summed E-state index contributed by atoms with van der Waals surface area (Å²) in [7, 11) is -3.16. The molecule has 3 atom stereocenters. The maximum Gasteiger partial charge on any atom is 0.330 e. The Balaban J connectivity index is 1.73. The van der Waals surface area contributed by atoms with E-state index in [2.05, 4.69) is 15.0 Å². The molecule has 0 aromatic carbocycles. The highest BCUT2D eigenvalue weighted by Crippen LogP contribution is 2.49. The minimum Gasteiger partial charge on any atom is -0.368 e. The summed E-state index contributed by atoms with van der Waals surface area (Å²) in [6.45, 7) is 6.04. The first-order valence-corrected chi connectivity index (χ1v) is 10.8. The van der Waals surface area contributed by atoms with Crippen molar-refractivity contribution in [3.63, 3.8) is 0 Å². The fraction of sp³-hybridized carbons (Fsp3) is 0.667. The van der Waals surface area contributed by atoms with Gasteiger partial charge in [-0.15, -0.1) is 0 Å². The summed E-state index contributed by atoms with van der Waals surface area (Å²) >= 11 is 6.07. The van der Waals surface area contributed by atoms with Gasteiger partial charge in [0, 0.05) is 6.42 Å². The Labute approximate surface area is 161 Å². The largest absolute Gasteiger partial charge is 0.368 e. The molecule has 27 heavy (non-hydrogen) atoms. The van der Waals surface area contributed by atoms with Crippen LogP contribution in [0.25, 0.3) is 11.2 Å². The molecule has 3 heterocycles. The lowest BCUT2D eigenvalue weighted by Gasteiger charge is -2.18. The first-order valence-electron chi connectivity index (χ1n) is 8.71. The van der Waals surface area contributed by atoms with Crippen molar-refractivity contribution < 1.29 is 23.1 Å². The van der Waals surface area contributed by atoms with Crippen LogP contribution in [0.3, 0.4) is 0 Å². The maximum absolute atomic E-state index is 12.6. The number of aromatic nitrogens is 4. The van der Waals surface area contributed by atoms with Crippen molar-refractivity contribution in [1.82, 2.24) is 19.5 Å². The average molecular weight is 420 g/mol. The van der Waals surface area contributed by atoms with Gasteiger partial charge in [-0.05, 0) is 20.8 Å². The molecular weight excluding hydrogens is 397 g/mol. The Morgan fingerprint density at radius 3 is 2.67 bits per heavy atom. The van der Waals surface area contributed by atoms with Crippen LogP contribution >= 0.6 is 19.2 Å². The second-order valence-electron chi connectivity index (χ2n) is 5.95. The van der Waals surface area contributed by atoms with Crippen LogP contribution in [0.15, 0.2) is 6.33 Å². The van der Waals surface area contributed by atoms with E-state index in [1.165, 1.54) is 0 Å². The van der Waals surface area contributed by atoms with Crippen LogP contribution in [0, 0.1) is 0 Å². The van der Waals surface area contributed by atoms with Gasteiger partial charge in [-0.1, -0.05) is 11.6 Å². The second-order valence-corrected chi connectivity index (χ2v) is 8.50. The fourth-order valence-electron chi connectivity index (χ4n) is 2.94. The summed E-state index contributed by atoms with van der Waals surface area (Å²) in [5.74, 6) is 0.0479. The molecule has 150 valence electrons. The van der Waals surface area contributed by atoms with Crippen LogP contribution in [-0.4, -0.2) is 51.3 Å². The normalized spacial score (nSPS) is 23.3. The Hall–Kier alpha value is -1.29. The van der Waals surface area contributed by atoms with Gasteiger partial charge in [0.25, 0.3) is 0 Å². The van der Waals surface area contributed by atoms with Crippen LogP contribution in [-0.2, 0) is 23.1 Å². The van der Waals surface area contributed by atoms with E-state index in [1.807, 2.05) is 6.92 Å². The van der Waals surface area contributed by atoms with E-state index in [9.17, 15) is 4.57 Å². The molecule has 12 heteroatoms. The molecule has 1 saturated heterocycles. The highest BCUT2D eigenvalue weighted by molar-refractivity contribution is 7.53. The molecule has 0 amide bonds. The molecule has 1 fully saturated rings. The molecule has 0 radical (unpaired) electrons. The molecule has 2 aromatic rings. The Morgan fingerprint density at radius 2 is 2.00 bits per heavy atom. The van der Waals surface area contributed by atoms with E-state index in [1.54, 1.807) is 24.7 Å². The first-order chi connectivity index (χ1) is 12.9. The number of anilines is 1. The third-order valence-corrected chi connectivity index (χ3v) is 6.39. The number of hydrogen-bond acceptors (Lipinski definition) is 9. The molecule has 0 bridgehead atoms. The van der Waals surface area contributed by atoms with E-state index in [0.717, 1.165) is 0 Å². The molecule has 0 unspecified atom stereocenters. The fourth-order valence-corrected chi connectivity index (χ4v) is 4.81. The predicted octanol–water partition coefficient (Wildman–Crippen LogP) is 2.98. The summed E-state index contributed by atoms with van der Waals surface area (Å²) in [6.07, 6.45) is 0.784. The Bertz CT molecular complexity index is 839. The van der Waals surface area contributed by atoms with Gasteiger partial charge >= 0.3 is 7.60 Å². The van der Waals surface area contributed by atoms with Gasteiger partial charge in [0.1, 0.15) is 11.6 Å². The molecule has 0 spiro atoms. The molecule has 2 aromatic heterocycles. The van der Waals surface area contributed by atoms with E-state index in [-0.39, 0.29) is 23.4 Å². The van der Waals surface area contributed by atoms with Gasteiger partial charge < -0.3 is 24.3 Å². The summed E-state index contributed by atoms with van der Waals surface area (Å²) in [6, 6.07) is 0. The number of nitrogen functional groups attached to an aromatic ring is 1. The minimum atomic E-state index is -3.16. The lowest BCUT2D eigenvalue weighted by Crippen LogP contribution is -2.17. The van der Waals surface area contributed by atoms with E-state index >= 15 is 0 Å². The molecule has 0 saturated carbocycles. The van der Waals surface area contributed by atoms with Crippen LogP contribution in [0.1, 0.15) is 33.4 Å². The van der Waals surface area contributed by atoms with Crippen molar-refractivity contribution in [2.24, 2.45) is 0 Å². The molecule has 10 nitrogen and oxygen atoms in total. The number of hydrogen-bond donors (Lipinski definition) is 1. The zero-order chi connectivity index (χ0) is 19.6. The van der Waals surface area contributed by atoms with Crippen LogP contribution in [0.2, 0.25) is 5.15 Å². The smallest absolute Gasteiger partial charge is 0.330 e. The number of imidazole rings is 1. The lowest BCUT2D eigenvalue weighted by molar-refractivity contribution is -0.0750. The molecule has 2 N–H and O–H groups in total. The summed E-state index contributed by atoms with van der Waals surface area (Å²) in [5.41, 5.74) is 6.58. The molecule has 1 aliphatic rings. The van der Waals surface area contributed by atoms with Crippen molar-refractivity contribution in [3.05, 3.63) is 11.5 Å². The highest BCUT2D eigenvalue weighted by atomic mass is 35.5. The summed E-state index contributed by atoms with van der Waals surface area (Å²) < 4.78 is 36.7. The SMILES string of the molecule is CCOP(=O)(CC[C@H]1O[C@H](C)[C@@H](n2cnc3c(Cl)nc(N)nc32)O1)OCC. The monoisotopic (exact) mass is 419 g/mol. The number of nitrogens with zero attached hydrogens (tertiary/aromatic N) is 4. The first kappa shape index (κ1) is 20.4. The Kier molecular flexibility index (Phi) is 6.35. The summed E-state index contributed by atoms with van der Waals surface area (Å²) in [5, 5.41) is 0.175. The summed E-state index contributed by atoms with van der Waals surface area (Å²) in [4.78, 5) is 12.3. The maximum atomic E-state index is 12.6. The third kappa shape index (κ3) is 4.42. The van der Waals surface area contributed by atoms with Crippen LogP contribution in [0.5, 0.6) is 0 Å². The minimum absolute atomic E-state index is 0.0479. The number of nitrogens with two attached hydrogens (primary N) is 1. The Morgan fingerprint density at radius 1 is 1.30 bits per heavy atom. The zero-order valence-electron chi connectivity index (χ0n) is 15.4. The van der Waals surface area contributed by atoms with Gasteiger partial charge in [0.2, 0.25) is 5.95 Å². The average Bonchev–Trinajstić information content (AvgIpc) is 3.17. The van der Waals surface area contributed by atoms with Gasteiger partial charge in [0.15, 0.2) is 23.3 Å². The van der Waals surface area contributed by atoms with E-state index in [4.69, 9.17) is 35.9 Å². The van der Waals surface area contributed by atoms with E-state index < -0.39 is 20.1 Å². The van der Waals surface area contributed by atoms with Crippen molar-refractivity contribution in [2.75, 3.05) is 25.1 Å². The van der Waals surface area contributed by atoms with Crippen molar-refractivity contribution in [1.29, 1.82) is 0 Å². The molecular formula is C15H23ClN5O5P. The second kappa shape index (κ2) is 8.38. The van der Waals surface area contributed by atoms with Gasteiger partial charge in [0.05, 0.1) is 25.7 Å². The van der Waals surface area contributed by atoms with Crippen molar-refractivity contribution >= 4 is 36.3 Å². The van der Waals surface area contributed by atoms with Crippen LogP contribution in [0.4, 0.5) is 5.95 Å². The molecule has 1 aliphatic heterocycles. The third-order valence-electron chi connectivity index (χ3n) is 4.02. The molecule has 3 rings (SSSR count).